The molecule has 0 heterocycles. The van der Waals surface area contributed by atoms with Crippen molar-refractivity contribution >= 4 is 46.4 Å². The molecule has 0 saturated heterocycles. The molecule has 2 aromatic rings. The lowest BCUT2D eigenvalue weighted by atomic mass is 10.2. The fourth-order valence-corrected chi connectivity index (χ4v) is 2.28. The highest BCUT2D eigenvalue weighted by atomic mass is 35.5. The monoisotopic (exact) mass is 343 g/mol. The van der Waals surface area contributed by atoms with E-state index >= 15 is 0 Å². The molecule has 2 aromatic carbocycles. The van der Waals surface area contributed by atoms with Gasteiger partial charge in [0.05, 0.1) is 15.7 Å². The summed E-state index contributed by atoms with van der Waals surface area (Å²) in [5, 5.41) is 3.95. The molecule has 0 bridgehead atoms. The van der Waals surface area contributed by atoms with Crippen molar-refractivity contribution in [2.75, 3.05) is 11.9 Å². The number of ether oxygens (including phenoxy) is 1. The molecule has 3 nitrogen and oxygen atoms in total. The molecule has 6 heteroatoms. The predicted molar refractivity (Wildman–Crippen MR) is 86.8 cm³/mol. The summed E-state index contributed by atoms with van der Waals surface area (Å²) in [5.74, 6) is 0.278. The van der Waals surface area contributed by atoms with Gasteiger partial charge in [0.15, 0.2) is 6.61 Å². The second kappa shape index (κ2) is 7.03. The number of amides is 1. The zero-order valence-electron chi connectivity index (χ0n) is 11.1. The largest absolute Gasteiger partial charge is 0.483 e. The van der Waals surface area contributed by atoms with Gasteiger partial charge in [0.2, 0.25) is 0 Å². The standard InChI is InChI=1S/C15H12Cl3NO2/c1-9-7-10(16)5-6-13(9)21-8-14(20)19-12-4-2-3-11(17)15(12)18/h2-7H,8H2,1H3,(H,19,20). The van der Waals surface area contributed by atoms with Crippen molar-refractivity contribution in [2.45, 2.75) is 6.92 Å². The van der Waals surface area contributed by atoms with Gasteiger partial charge in [-0.3, -0.25) is 4.79 Å². The summed E-state index contributed by atoms with van der Waals surface area (Å²) < 4.78 is 5.45. The Morgan fingerprint density at radius 1 is 1.19 bits per heavy atom. The van der Waals surface area contributed by atoms with Crippen LogP contribution in [0.4, 0.5) is 5.69 Å². The molecule has 0 fully saturated rings. The van der Waals surface area contributed by atoms with Gasteiger partial charge in [0.1, 0.15) is 5.75 Å². The SMILES string of the molecule is Cc1cc(Cl)ccc1OCC(=O)Nc1cccc(Cl)c1Cl. The van der Waals surface area contributed by atoms with Crippen molar-refractivity contribution in [1.29, 1.82) is 0 Å². The molecule has 0 spiro atoms. The van der Waals surface area contributed by atoms with E-state index in [0.29, 0.717) is 26.5 Å². The molecule has 1 amide bonds. The lowest BCUT2D eigenvalue weighted by Gasteiger charge is -2.11. The molecule has 1 N–H and O–H groups in total. The Kier molecular flexibility index (Phi) is 5.34. The second-order valence-corrected chi connectivity index (χ2v) is 5.57. The first-order valence-corrected chi connectivity index (χ1v) is 7.23. The minimum Gasteiger partial charge on any atom is -0.483 e. The predicted octanol–water partition coefficient (Wildman–Crippen LogP) is 4.97. The van der Waals surface area contributed by atoms with Crippen molar-refractivity contribution in [3.63, 3.8) is 0 Å². The Labute approximate surface area is 137 Å². The number of carbonyl (C=O) groups excluding carboxylic acids is 1. The van der Waals surface area contributed by atoms with Crippen LogP contribution in [-0.2, 0) is 4.79 Å². The third-order valence-electron chi connectivity index (χ3n) is 2.72. The second-order valence-electron chi connectivity index (χ2n) is 4.35. The van der Waals surface area contributed by atoms with Crippen LogP contribution in [-0.4, -0.2) is 12.5 Å². The van der Waals surface area contributed by atoms with E-state index in [0.717, 1.165) is 5.56 Å². The van der Waals surface area contributed by atoms with Crippen LogP contribution >= 0.6 is 34.8 Å². The van der Waals surface area contributed by atoms with Gasteiger partial charge in [-0.15, -0.1) is 0 Å². The fraction of sp³-hybridized carbons (Fsp3) is 0.133. The third-order valence-corrected chi connectivity index (χ3v) is 3.78. The molecule has 0 unspecified atom stereocenters. The van der Waals surface area contributed by atoms with E-state index in [1.165, 1.54) is 0 Å². The van der Waals surface area contributed by atoms with E-state index in [4.69, 9.17) is 39.5 Å². The number of benzene rings is 2. The minimum absolute atomic E-state index is 0.134. The van der Waals surface area contributed by atoms with Crippen molar-refractivity contribution in [3.8, 4) is 5.75 Å². The van der Waals surface area contributed by atoms with Gasteiger partial charge in [-0.1, -0.05) is 40.9 Å². The summed E-state index contributed by atoms with van der Waals surface area (Å²) >= 11 is 17.7. The molecule has 21 heavy (non-hydrogen) atoms. The van der Waals surface area contributed by atoms with Gasteiger partial charge >= 0.3 is 0 Å². The number of anilines is 1. The summed E-state index contributed by atoms with van der Waals surface area (Å²) in [6.07, 6.45) is 0. The van der Waals surface area contributed by atoms with Gasteiger partial charge < -0.3 is 10.1 Å². The van der Waals surface area contributed by atoms with E-state index < -0.39 is 0 Å². The van der Waals surface area contributed by atoms with E-state index in [1.54, 1.807) is 36.4 Å². The van der Waals surface area contributed by atoms with Crippen LogP contribution in [0, 0.1) is 6.92 Å². The normalized spacial score (nSPS) is 10.3. The van der Waals surface area contributed by atoms with E-state index in [1.807, 2.05) is 6.92 Å². The Morgan fingerprint density at radius 2 is 1.95 bits per heavy atom. The zero-order valence-corrected chi connectivity index (χ0v) is 13.4. The zero-order chi connectivity index (χ0) is 15.4. The molecular formula is C15H12Cl3NO2. The Bertz CT molecular complexity index is 674. The smallest absolute Gasteiger partial charge is 0.262 e. The highest BCUT2D eigenvalue weighted by Gasteiger charge is 2.09. The topological polar surface area (TPSA) is 38.3 Å². The third kappa shape index (κ3) is 4.27. The molecule has 2 rings (SSSR count). The van der Waals surface area contributed by atoms with Crippen LogP contribution in [0.3, 0.4) is 0 Å². The maximum absolute atomic E-state index is 11.9. The molecular weight excluding hydrogens is 333 g/mol. The maximum atomic E-state index is 11.9. The number of nitrogens with one attached hydrogen (secondary N) is 1. The number of carbonyl (C=O) groups is 1. The molecule has 0 aliphatic rings. The Hall–Kier alpha value is -1.42. The van der Waals surface area contributed by atoms with Crippen molar-refractivity contribution in [2.24, 2.45) is 0 Å². The van der Waals surface area contributed by atoms with E-state index in [2.05, 4.69) is 5.32 Å². The quantitative estimate of drug-likeness (QED) is 0.850. The number of aryl methyl sites for hydroxylation is 1. The van der Waals surface area contributed by atoms with Crippen LogP contribution in [0.25, 0.3) is 0 Å². The summed E-state index contributed by atoms with van der Waals surface area (Å²) in [6, 6.07) is 10.2. The maximum Gasteiger partial charge on any atom is 0.262 e. The number of hydrogen-bond acceptors (Lipinski definition) is 2. The number of rotatable bonds is 4. The molecule has 0 atom stereocenters. The van der Waals surface area contributed by atoms with E-state index in [-0.39, 0.29) is 12.5 Å². The van der Waals surface area contributed by atoms with Gasteiger partial charge in [0.25, 0.3) is 5.91 Å². The lowest BCUT2D eigenvalue weighted by molar-refractivity contribution is -0.118. The van der Waals surface area contributed by atoms with Crippen LogP contribution in [0.1, 0.15) is 5.56 Å². The van der Waals surface area contributed by atoms with E-state index in [9.17, 15) is 4.79 Å². The fourth-order valence-electron chi connectivity index (χ4n) is 1.70. The Morgan fingerprint density at radius 3 is 2.67 bits per heavy atom. The highest BCUT2D eigenvalue weighted by Crippen LogP contribution is 2.29. The van der Waals surface area contributed by atoms with Crippen molar-refractivity contribution in [1.82, 2.24) is 0 Å². The van der Waals surface area contributed by atoms with Crippen LogP contribution in [0.5, 0.6) is 5.75 Å². The van der Waals surface area contributed by atoms with Gasteiger partial charge in [-0.2, -0.15) is 0 Å². The van der Waals surface area contributed by atoms with Crippen LogP contribution < -0.4 is 10.1 Å². The lowest BCUT2D eigenvalue weighted by Crippen LogP contribution is -2.20. The molecule has 0 aliphatic heterocycles. The summed E-state index contributed by atoms with van der Waals surface area (Å²) in [7, 11) is 0. The molecule has 110 valence electrons. The molecule has 0 aliphatic carbocycles. The first kappa shape index (κ1) is 16.0. The van der Waals surface area contributed by atoms with Gasteiger partial charge in [0, 0.05) is 5.02 Å². The van der Waals surface area contributed by atoms with Gasteiger partial charge in [-0.25, -0.2) is 0 Å². The average Bonchev–Trinajstić information content (AvgIpc) is 2.43. The molecule has 0 radical (unpaired) electrons. The summed E-state index contributed by atoms with van der Waals surface area (Å²) in [6.45, 7) is 1.72. The Balaban J connectivity index is 1.97. The first-order chi connectivity index (χ1) is 9.97. The molecule has 0 aromatic heterocycles. The number of hydrogen-bond donors (Lipinski definition) is 1. The minimum atomic E-state index is -0.325. The van der Waals surface area contributed by atoms with Gasteiger partial charge in [-0.05, 0) is 42.8 Å². The van der Waals surface area contributed by atoms with Crippen LogP contribution in [0.2, 0.25) is 15.1 Å². The summed E-state index contributed by atoms with van der Waals surface area (Å²) in [4.78, 5) is 11.9. The average molecular weight is 345 g/mol. The summed E-state index contributed by atoms with van der Waals surface area (Å²) in [5.41, 5.74) is 1.31. The van der Waals surface area contributed by atoms with Crippen molar-refractivity contribution in [3.05, 3.63) is 57.0 Å². The molecule has 0 saturated carbocycles. The van der Waals surface area contributed by atoms with Crippen LogP contribution in [0.15, 0.2) is 36.4 Å². The highest BCUT2D eigenvalue weighted by molar-refractivity contribution is 6.44. The van der Waals surface area contributed by atoms with Crippen molar-refractivity contribution < 1.29 is 9.53 Å². The first-order valence-electron chi connectivity index (χ1n) is 6.10. The number of halogens is 3.